The molecule has 162 valence electrons. The number of hydrogen-bond donors (Lipinski definition) is 0. The van der Waals surface area contributed by atoms with Gasteiger partial charge in [0.1, 0.15) is 17.2 Å². The Balaban J connectivity index is 1.65. The molecule has 2 aromatic heterocycles. The van der Waals surface area contributed by atoms with E-state index >= 15 is 0 Å². The summed E-state index contributed by atoms with van der Waals surface area (Å²) in [5.74, 6) is -1.35. The molecule has 0 atom stereocenters. The van der Waals surface area contributed by atoms with Crippen molar-refractivity contribution < 1.29 is 22.4 Å². The average Bonchev–Trinajstić information content (AvgIpc) is 3.12. The lowest BCUT2D eigenvalue weighted by Gasteiger charge is -2.37. The van der Waals surface area contributed by atoms with E-state index in [4.69, 9.17) is 0 Å². The average molecular weight is 433 g/mol. The van der Waals surface area contributed by atoms with Gasteiger partial charge in [0.05, 0.1) is 11.9 Å². The number of carbonyl (C=O) groups is 1. The lowest BCUT2D eigenvalue weighted by molar-refractivity contribution is -0.141. The number of nitrogens with zero attached hydrogens (tertiary/aromatic N) is 5. The molecular formula is C21H19F4N5O. The Bertz CT molecular complexity index is 1110. The molecule has 6 nitrogen and oxygen atoms in total. The van der Waals surface area contributed by atoms with Crippen LogP contribution in [0, 0.1) is 5.82 Å². The highest BCUT2D eigenvalue weighted by Crippen LogP contribution is 2.31. The third kappa shape index (κ3) is 4.42. The number of aromatic nitrogens is 4. The fourth-order valence-electron chi connectivity index (χ4n) is 3.42. The molecule has 10 heteroatoms. The Hall–Kier alpha value is -3.30. The number of imidazole rings is 1. The largest absolute Gasteiger partial charge is 0.433 e. The van der Waals surface area contributed by atoms with E-state index in [1.54, 1.807) is 22.7 Å². The number of carbonyl (C=O) groups excluding carboxylic acids is 1. The van der Waals surface area contributed by atoms with Crippen LogP contribution in [0.25, 0.3) is 11.4 Å². The van der Waals surface area contributed by atoms with Crippen molar-refractivity contribution in [3.8, 4) is 11.4 Å². The topological polar surface area (TPSA) is 63.9 Å². The zero-order chi connectivity index (χ0) is 22.2. The first kappa shape index (κ1) is 21.0. The molecule has 3 aromatic rings. The molecule has 1 fully saturated rings. The number of rotatable bonds is 5. The van der Waals surface area contributed by atoms with Gasteiger partial charge in [-0.05, 0) is 43.0 Å². The molecule has 1 saturated carbocycles. The predicted molar refractivity (Wildman–Crippen MR) is 103 cm³/mol. The molecule has 1 aliphatic rings. The van der Waals surface area contributed by atoms with Crippen LogP contribution in [0.2, 0.25) is 0 Å². The lowest BCUT2D eigenvalue weighted by atomic mass is 9.90. The van der Waals surface area contributed by atoms with Gasteiger partial charge in [0.25, 0.3) is 5.91 Å². The molecule has 0 aliphatic heterocycles. The van der Waals surface area contributed by atoms with Crippen molar-refractivity contribution in [2.45, 2.75) is 38.0 Å². The Kier molecular flexibility index (Phi) is 5.47. The number of halogens is 4. The molecule has 1 amide bonds. The Morgan fingerprint density at radius 2 is 2.00 bits per heavy atom. The summed E-state index contributed by atoms with van der Waals surface area (Å²) in [5.41, 5.74) is -0.433. The maximum Gasteiger partial charge on any atom is 0.433 e. The van der Waals surface area contributed by atoms with Gasteiger partial charge in [-0.3, -0.25) is 4.79 Å². The molecule has 0 bridgehead atoms. The van der Waals surface area contributed by atoms with Crippen LogP contribution in [-0.4, -0.2) is 36.4 Å². The summed E-state index contributed by atoms with van der Waals surface area (Å²) in [6, 6.07) is 4.81. The smallest absolute Gasteiger partial charge is 0.340 e. The molecule has 0 saturated heterocycles. The number of benzene rings is 1. The summed E-state index contributed by atoms with van der Waals surface area (Å²) in [5, 5.41) is 0. The van der Waals surface area contributed by atoms with Crippen molar-refractivity contribution in [1.82, 2.24) is 24.4 Å². The molecule has 1 aromatic carbocycles. The number of alkyl halides is 3. The van der Waals surface area contributed by atoms with E-state index < -0.39 is 17.7 Å². The third-order valence-corrected chi connectivity index (χ3v) is 5.27. The van der Waals surface area contributed by atoms with Gasteiger partial charge in [0, 0.05) is 32.0 Å². The summed E-state index contributed by atoms with van der Waals surface area (Å²) in [4.78, 5) is 26.1. The molecule has 0 spiro atoms. The lowest BCUT2D eigenvalue weighted by Crippen LogP contribution is -2.43. The highest BCUT2D eigenvalue weighted by Gasteiger charge is 2.33. The van der Waals surface area contributed by atoms with E-state index in [0.717, 1.165) is 37.6 Å². The van der Waals surface area contributed by atoms with Gasteiger partial charge in [-0.15, -0.1) is 0 Å². The van der Waals surface area contributed by atoms with Crippen LogP contribution in [0.4, 0.5) is 17.6 Å². The van der Waals surface area contributed by atoms with Crippen LogP contribution < -0.4 is 0 Å². The van der Waals surface area contributed by atoms with E-state index in [-0.39, 0.29) is 29.9 Å². The van der Waals surface area contributed by atoms with Crippen molar-refractivity contribution in [3.63, 3.8) is 0 Å². The minimum Gasteiger partial charge on any atom is -0.340 e. The number of aryl methyl sites for hydroxylation is 1. The Morgan fingerprint density at radius 1 is 1.23 bits per heavy atom. The second-order valence-corrected chi connectivity index (χ2v) is 7.52. The highest BCUT2D eigenvalue weighted by molar-refractivity contribution is 5.92. The van der Waals surface area contributed by atoms with Crippen molar-refractivity contribution in [2.75, 3.05) is 0 Å². The van der Waals surface area contributed by atoms with Crippen LogP contribution in [0.3, 0.4) is 0 Å². The molecule has 0 radical (unpaired) electrons. The maximum absolute atomic E-state index is 14.4. The van der Waals surface area contributed by atoms with Crippen molar-refractivity contribution in [2.24, 2.45) is 7.05 Å². The van der Waals surface area contributed by atoms with Gasteiger partial charge in [0.15, 0.2) is 5.82 Å². The molecule has 31 heavy (non-hydrogen) atoms. The van der Waals surface area contributed by atoms with E-state index in [1.165, 1.54) is 18.5 Å². The molecule has 1 aliphatic carbocycles. The van der Waals surface area contributed by atoms with Crippen LogP contribution >= 0.6 is 0 Å². The summed E-state index contributed by atoms with van der Waals surface area (Å²) in [6.45, 7) is 0.173. The summed E-state index contributed by atoms with van der Waals surface area (Å²) >= 11 is 0. The standard InChI is InChI=1S/C21H19F4N5O/c1-29-11-17(27-12-29)20(31)30(14-3-2-4-14)10-13-5-6-16(22)15(9-13)19-26-8-7-18(28-19)21(23,24)25/h5-9,11-12,14H,2-4,10H2,1H3. The SMILES string of the molecule is Cn1cnc(C(=O)N(Cc2ccc(F)c(-c3nccc(C(F)(F)F)n3)c2)C2CCC2)c1. The second-order valence-electron chi connectivity index (χ2n) is 7.52. The van der Waals surface area contributed by atoms with E-state index in [0.29, 0.717) is 11.3 Å². The first-order chi connectivity index (χ1) is 14.7. The normalized spacial score (nSPS) is 14.4. The van der Waals surface area contributed by atoms with Crippen LogP contribution in [0.1, 0.15) is 41.0 Å². The van der Waals surface area contributed by atoms with Crippen LogP contribution in [0.15, 0.2) is 43.0 Å². The van der Waals surface area contributed by atoms with Crippen LogP contribution in [-0.2, 0) is 19.8 Å². The molecule has 4 rings (SSSR count). The van der Waals surface area contributed by atoms with E-state index in [2.05, 4.69) is 15.0 Å². The van der Waals surface area contributed by atoms with E-state index in [9.17, 15) is 22.4 Å². The van der Waals surface area contributed by atoms with Gasteiger partial charge in [-0.2, -0.15) is 13.2 Å². The molecule has 0 unspecified atom stereocenters. The van der Waals surface area contributed by atoms with Gasteiger partial charge in [0.2, 0.25) is 0 Å². The minimum atomic E-state index is -4.66. The predicted octanol–water partition coefficient (Wildman–Crippen LogP) is 4.23. The second kappa shape index (κ2) is 8.09. The summed E-state index contributed by atoms with van der Waals surface area (Å²) < 4.78 is 55.1. The number of amides is 1. The monoisotopic (exact) mass is 433 g/mol. The van der Waals surface area contributed by atoms with Crippen molar-refractivity contribution in [3.05, 3.63) is 65.8 Å². The quantitative estimate of drug-likeness (QED) is 0.565. The maximum atomic E-state index is 14.4. The van der Waals surface area contributed by atoms with Crippen molar-refractivity contribution in [1.29, 1.82) is 0 Å². The Labute approximate surface area is 175 Å². The minimum absolute atomic E-state index is 0.0350. The fraction of sp³-hybridized carbons (Fsp3) is 0.333. The zero-order valence-electron chi connectivity index (χ0n) is 16.6. The first-order valence-corrected chi connectivity index (χ1v) is 9.70. The number of hydrogen-bond acceptors (Lipinski definition) is 4. The molecular weight excluding hydrogens is 414 g/mol. The zero-order valence-corrected chi connectivity index (χ0v) is 16.6. The van der Waals surface area contributed by atoms with Gasteiger partial charge < -0.3 is 9.47 Å². The summed E-state index contributed by atoms with van der Waals surface area (Å²) in [6.07, 6.45) is 2.15. The highest BCUT2D eigenvalue weighted by atomic mass is 19.4. The van der Waals surface area contributed by atoms with Gasteiger partial charge in [-0.25, -0.2) is 19.3 Å². The first-order valence-electron chi connectivity index (χ1n) is 9.70. The molecule has 2 heterocycles. The van der Waals surface area contributed by atoms with Gasteiger partial charge >= 0.3 is 6.18 Å². The van der Waals surface area contributed by atoms with Gasteiger partial charge in [-0.1, -0.05) is 6.07 Å². The van der Waals surface area contributed by atoms with Crippen molar-refractivity contribution >= 4 is 5.91 Å². The summed E-state index contributed by atoms with van der Waals surface area (Å²) in [7, 11) is 1.76. The molecule has 0 N–H and O–H groups in total. The Morgan fingerprint density at radius 3 is 2.61 bits per heavy atom. The van der Waals surface area contributed by atoms with Crippen LogP contribution in [0.5, 0.6) is 0 Å². The van der Waals surface area contributed by atoms with E-state index in [1.807, 2.05) is 0 Å². The third-order valence-electron chi connectivity index (χ3n) is 5.27. The fourth-order valence-corrected chi connectivity index (χ4v) is 3.42.